The molecule has 1 aromatic carbocycles. The van der Waals surface area contributed by atoms with Gasteiger partial charge in [-0.05, 0) is 29.9 Å². The first kappa shape index (κ1) is 13.5. The fourth-order valence-electron chi connectivity index (χ4n) is 3.00. The highest BCUT2D eigenvalue weighted by atomic mass is 32.1. The van der Waals surface area contributed by atoms with Gasteiger partial charge in [-0.3, -0.25) is 9.88 Å². The molecular weight excluding hydrogens is 292 g/mol. The van der Waals surface area contributed by atoms with Gasteiger partial charge < -0.3 is 4.98 Å². The zero-order chi connectivity index (χ0) is 14.9. The van der Waals surface area contributed by atoms with Crippen molar-refractivity contribution in [3.8, 4) is 0 Å². The highest BCUT2D eigenvalue weighted by Gasteiger charge is 2.17. The molecule has 0 radical (unpaired) electrons. The Morgan fingerprint density at radius 3 is 3.05 bits per heavy atom. The number of H-pyrrole nitrogens is 1. The zero-order valence-corrected chi connectivity index (χ0v) is 12.9. The van der Waals surface area contributed by atoms with Gasteiger partial charge in [-0.1, -0.05) is 18.2 Å². The molecule has 2 aromatic heterocycles. The highest BCUT2D eigenvalue weighted by molar-refractivity contribution is 7.71. The largest absolute Gasteiger partial charge is 0.334 e. The maximum atomic E-state index is 5.09. The third-order valence-electron chi connectivity index (χ3n) is 4.11. The number of pyridine rings is 1. The minimum Gasteiger partial charge on any atom is -0.334 e. The van der Waals surface area contributed by atoms with Crippen molar-refractivity contribution < 1.29 is 0 Å². The quantitative estimate of drug-likeness (QED) is 0.738. The van der Waals surface area contributed by atoms with Gasteiger partial charge in [0, 0.05) is 55.1 Å². The van der Waals surface area contributed by atoms with Gasteiger partial charge in [-0.2, -0.15) is 0 Å². The van der Waals surface area contributed by atoms with Crippen molar-refractivity contribution in [3.63, 3.8) is 0 Å². The second-order valence-corrected chi connectivity index (χ2v) is 6.08. The lowest BCUT2D eigenvalue weighted by Gasteiger charge is -2.28. The van der Waals surface area contributed by atoms with Crippen LogP contribution >= 0.6 is 12.2 Å². The van der Waals surface area contributed by atoms with Gasteiger partial charge in [-0.25, -0.2) is 4.98 Å². The van der Waals surface area contributed by atoms with Crippen LogP contribution < -0.4 is 0 Å². The molecular formula is C17H16N4S. The van der Waals surface area contributed by atoms with Crippen LogP contribution in [0, 0.1) is 4.77 Å². The number of aromatic nitrogens is 3. The summed E-state index contributed by atoms with van der Waals surface area (Å²) in [7, 11) is 0. The van der Waals surface area contributed by atoms with Gasteiger partial charge in [0.05, 0.1) is 5.52 Å². The number of hydrogen-bond acceptors (Lipinski definition) is 4. The number of nitrogens with one attached hydrogen (secondary N) is 1. The minimum absolute atomic E-state index is 0.575. The van der Waals surface area contributed by atoms with Gasteiger partial charge in [0.15, 0.2) is 4.77 Å². The molecule has 0 amide bonds. The molecule has 0 aliphatic carbocycles. The van der Waals surface area contributed by atoms with E-state index in [0.29, 0.717) is 4.77 Å². The van der Waals surface area contributed by atoms with Crippen LogP contribution in [0.4, 0.5) is 0 Å². The summed E-state index contributed by atoms with van der Waals surface area (Å²) < 4.78 is 0.575. The van der Waals surface area contributed by atoms with Crippen molar-refractivity contribution >= 4 is 23.1 Å². The van der Waals surface area contributed by atoms with Crippen LogP contribution in [0.15, 0.2) is 42.7 Å². The molecule has 3 heterocycles. The molecule has 4 rings (SSSR count). The third-order valence-corrected chi connectivity index (χ3v) is 4.32. The van der Waals surface area contributed by atoms with Crippen LogP contribution in [0.3, 0.4) is 0 Å². The van der Waals surface area contributed by atoms with Crippen LogP contribution in [0.25, 0.3) is 10.9 Å². The van der Waals surface area contributed by atoms with Crippen molar-refractivity contribution in [2.24, 2.45) is 0 Å². The maximum absolute atomic E-state index is 5.09. The van der Waals surface area contributed by atoms with Crippen LogP contribution in [0.1, 0.15) is 16.8 Å². The van der Waals surface area contributed by atoms with E-state index < -0.39 is 0 Å². The molecule has 3 aromatic rings. The molecule has 110 valence electrons. The molecule has 0 saturated carbocycles. The summed E-state index contributed by atoms with van der Waals surface area (Å²) in [4.78, 5) is 14.4. The SMILES string of the molecule is S=c1ncc2c([nH]1)CCN(Cc1cnc3ccccc3c1)C2. The Morgan fingerprint density at radius 1 is 1.18 bits per heavy atom. The second kappa shape index (κ2) is 5.59. The van der Waals surface area contributed by atoms with Gasteiger partial charge >= 0.3 is 0 Å². The van der Waals surface area contributed by atoms with E-state index in [1.165, 1.54) is 22.2 Å². The van der Waals surface area contributed by atoms with Gasteiger partial charge in [0.25, 0.3) is 0 Å². The van der Waals surface area contributed by atoms with Gasteiger partial charge in [0.1, 0.15) is 0 Å². The lowest BCUT2D eigenvalue weighted by atomic mass is 10.1. The normalized spacial score (nSPS) is 14.9. The Morgan fingerprint density at radius 2 is 2.09 bits per heavy atom. The number of fused-ring (bicyclic) bond motifs is 2. The molecule has 0 spiro atoms. The predicted octanol–water partition coefficient (Wildman–Crippen LogP) is 3.25. The maximum Gasteiger partial charge on any atom is 0.196 e. The fraction of sp³-hybridized carbons (Fsp3) is 0.235. The van der Waals surface area contributed by atoms with Crippen LogP contribution in [0.2, 0.25) is 0 Å². The summed E-state index contributed by atoms with van der Waals surface area (Å²) in [6.45, 7) is 2.84. The Balaban J connectivity index is 1.56. The summed E-state index contributed by atoms with van der Waals surface area (Å²) in [6.07, 6.45) is 4.87. The standard InChI is InChI=1S/C17H16N4S/c22-17-19-9-14-11-21(6-5-16(14)20-17)10-12-7-13-3-1-2-4-15(13)18-8-12/h1-4,7-9H,5-6,10-11H2,(H,19,20,22). The molecule has 1 aliphatic rings. The lowest BCUT2D eigenvalue weighted by Crippen LogP contribution is -2.30. The van der Waals surface area contributed by atoms with E-state index in [9.17, 15) is 0 Å². The third kappa shape index (κ3) is 2.65. The first-order chi connectivity index (χ1) is 10.8. The van der Waals surface area contributed by atoms with E-state index in [1.54, 1.807) is 0 Å². The van der Waals surface area contributed by atoms with E-state index in [4.69, 9.17) is 12.2 Å². The molecule has 22 heavy (non-hydrogen) atoms. The number of benzene rings is 1. The summed E-state index contributed by atoms with van der Waals surface area (Å²) in [6, 6.07) is 10.5. The monoisotopic (exact) mass is 308 g/mol. The molecule has 5 heteroatoms. The predicted molar refractivity (Wildman–Crippen MR) is 89.0 cm³/mol. The van der Waals surface area contributed by atoms with Crippen molar-refractivity contribution in [2.75, 3.05) is 6.54 Å². The van der Waals surface area contributed by atoms with E-state index >= 15 is 0 Å². The Hall–Kier alpha value is -2.11. The summed E-state index contributed by atoms with van der Waals surface area (Å²) >= 11 is 5.09. The van der Waals surface area contributed by atoms with Gasteiger partial charge in [-0.15, -0.1) is 0 Å². The Labute approximate surface area is 133 Å². The second-order valence-electron chi connectivity index (χ2n) is 5.69. The molecule has 4 nitrogen and oxygen atoms in total. The number of aromatic amines is 1. The topological polar surface area (TPSA) is 44.8 Å². The zero-order valence-electron chi connectivity index (χ0n) is 12.1. The first-order valence-electron chi connectivity index (χ1n) is 7.41. The number of para-hydroxylation sites is 1. The van der Waals surface area contributed by atoms with Crippen molar-refractivity contribution in [2.45, 2.75) is 19.5 Å². The molecule has 0 fully saturated rings. The Bertz CT molecular complexity index is 887. The minimum atomic E-state index is 0.575. The van der Waals surface area contributed by atoms with Crippen molar-refractivity contribution in [1.29, 1.82) is 0 Å². The average Bonchev–Trinajstić information content (AvgIpc) is 2.55. The molecule has 1 N–H and O–H groups in total. The molecule has 0 unspecified atom stereocenters. The molecule has 0 bridgehead atoms. The summed E-state index contributed by atoms with van der Waals surface area (Å²) in [5, 5.41) is 1.20. The highest BCUT2D eigenvalue weighted by Crippen LogP contribution is 2.19. The fourth-order valence-corrected chi connectivity index (χ4v) is 3.18. The molecule has 0 saturated heterocycles. The van der Waals surface area contributed by atoms with Crippen molar-refractivity contribution in [1.82, 2.24) is 19.9 Å². The van der Waals surface area contributed by atoms with Crippen LogP contribution in [-0.4, -0.2) is 26.4 Å². The van der Waals surface area contributed by atoms with E-state index in [0.717, 1.165) is 31.6 Å². The number of nitrogens with zero attached hydrogens (tertiary/aromatic N) is 3. The van der Waals surface area contributed by atoms with Gasteiger partial charge in [0.2, 0.25) is 0 Å². The molecule has 1 aliphatic heterocycles. The smallest absolute Gasteiger partial charge is 0.196 e. The van der Waals surface area contributed by atoms with E-state index in [1.807, 2.05) is 24.5 Å². The van der Waals surface area contributed by atoms with Crippen molar-refractivity contribution in [3.05, 3.63) is 64.3 Å². The number of rotatable bonds is 2. The lowest BCUT2D eigenvalue weighted by molar-refractivity contribution is 0.242. The van der Waals surface area contributed by atoms with Crippen LogP contribution in [0.5, 0.6) is 0 Å². The summed E-state index contributed by atoms with van der Waals surface area (Å²) in [5.41, 5.74) is 4.77. The van der Waals surface area contributed by atoms with Crippen LogP contribution in [-0.2, 0) is 19.5 Å². The Kier molecular flexibility index (Phi) is 3.44. The van der Waals surface area contributed by atoms with E-state index in [2.05, 4.69) is 38.1 Å². The average molecular weight is 308 g/mol. The summed E-state index contributed by atoms with van der Waals surface area (Å²) in [5.74, 6) is 0. The van der Waals surface area contributed by atoms with E-state index in [-0.39, 0.29) is 0 Å². The first-order valence-corrected chi connectivity index (χ1v) is 7.82. The molecule has 0 atom stereocenters. The number of hydrogen-bond donors (Lipinski definition) is 1.